The Morgan fingerprint density at radius 1 is 1.35 bits per heavy atom. The van der Waals surface area contributed by atoms with Crippen LogP contribution in [0.3, 0.4) is 0 Å². The highest BCUT2D eigenvalue weighted by Gasteiger charge is 2.42. The molecule has 0 aliphatic rings. The van der Waals surface area contributed by atoms with Crippen LogP contribution in [0, 0.1) is 5.41 Å². The molecule has 0 fully saturated rings. The van der Waals surface area contributed by atoms with Crippen LogP contribution in [-0.4, -0.2) is 69.0 Å². The van der Waals surface area contributed by atoms with Crippen molar-refractivity contribution in [2.45, 2.75) is 38.1 Å². The summed E-state index contributed by atoms with van der Waals surface area (Å²) in [6.45, 7) is 3.62. The van der Waals surface area contributed by atoms with Crippen LogP contribution in [0.1, 0.15) is 28.5 Å². The fourth-order valence-electron chi connectivity index (χ4n) is 2.68. The highest BCUT2D eigenvalue weighted by Crippen LogP contribution is 2.31. The molecule has 0 amide bonds. The molecule has 8 heteroatoms. The average Bonchev–Trinajstić information content (AvgIpc) is 2.60. The Labute approximate surface area is 158 Å². The maximum atomic E-state index is 13.3. The molecule has 0 unspecified atom stereocenters. The number of nitrogens with zero attached hydrogens (tertiary/aromatic N) is 2. The topological polar surface area (TPSA) is 87.2 Å². The van der Waals surface area contributed by atoms with Gasteiger partial charge in [0.05, 0.1) is 12.0 Å². The quantitative estimate of drug-likeness (QED) is 0.698. The van der Waals surface area contributed by atoms with Crippen LogP contribution in [0.25, 0.3) is 0 Å². The minimum Gasteiger partial charge on any atom is -0.497 e. The highest BCUT2D eigenvalue weighted by molar-refractivity contribution is 7.89. The lowest BCUT2D eigenvalue weighted by molar-refractivity contribution is -0.145. The largest absolute Gasteiger partial charge is 0.497 e. The molecule has 0 aromatic heterocycles. The van der Waals surface area contributed by atoms with Crippen molar-refractivity contribution in [2.75, 3.05) is 34.3 Å². The molecule has 148 valence electrons. The maximum Gasteiger partial charge on any atom is 0.322 e. The third-order valence-corrected chi connectivity index (χ3v) is 5.75. The number of benzene rings is 1. The molecule has 0 spiro atoms. The molecular formula is C18H30N2O5S. The predicted octanol–water partition coefficient (Wildman–Crippen LogP) is 2.14. The van der Waals surface area contributed by atoms with Crippen molar-refractivity contribution >= 4 is 16.0 Å². The molecule has 1 atom stereocenters. The zero-order valence-corrected chi connectivity index (χ0v) is 16.9. The molecule has 26 heavy (non-hydrogen) atoms. The monoisotopic (exact) mass is 387 g/mol. The Morgan fingerprint density at radius 2 is 2.00 bits per heavy atom. The Morgan fingerprint density at radius 3 is 2.50 bits per heavy atom. The summed E-state index contributed by atoms with van der Waals surface area (Å²) < 4.78 is 40.5. The molecular weight excluding hydrogens is 356 g/mol. The summed E-state index contributed by atoms with van der Waals surface area (Å²) in [7, 11) is 1.06. The van der Waals surface area contributed by atoms with Gasteiger partial charge in [0.2, 0.25) is 10.0 Å². The lowest BCUT2D eigenvalue weighted by Gasteiger charge is -2.36. The van der Waals surface area contributed by atoms with Crippen molar-refractivity contribution in [1.29, 1.82) is 0 Å². The van der Waals surface area contributed by atoms with E-state index in [1.165, 1.54) is 19.2 Å². The van der Waals surface area contributed by atoms with E-state index in [1.807, 2.05) is 19.0 Å². The first-order chi connectivity index (χ1) is 12.5. The van der Waals surface area contributed by atoms with Crippen molar-refractivity contribution < 1.29 is 24.4 Å². The van der Waals surface area contributed by atoms with Crippen LogP contribution in [-0.2, 0) is 14.8 Å². The van der Waals surface area contributed by atoms with E-state index in [1.54, 1.807) is 26.0 Å². The van der Waals surface area contributed by atoms with Crippen LogP contribution in [0.4, 0.5) is 0 Å². The first-order valence-corrected chi connectivity index (χ1v) is 9.74. The summed E-state index contributed by atoms with van der Waals surface area (Å²) in [5, 5.41) is 9.81. The van der Waals surface area contributed by atoms with Crippen molar-refractivity contribution in [3.63, 3.8) is 0 Å². The fraction of sp³-hybridized carbons (Fsp3) is 0.611. The van der Waals surface area contributed by atoms with Crippen molar-refractivity contribution in [3.8, 4) is 5.75 Å². The van der Waals surface area contributed by atoms with Gasteiger partial charge in [0.1, 0.15) is 11.8 Å². The van der Waals surface area contributed by atoms with Crippen LogP contribution in [0.5, 0.6) is 5.75 Å². The van der Waals surface area contributed by atoms with Gasteiger partial charge in [0.25, 0.3) is 0 Å². The molecule has 0 bridgehead atoms. The van der Waals surface area contributed by atoms with Gasteiger partial charge in [-0.2, -0.15) is 4.31 Å². The molecule has 0 aliphatic heterocycles. The van der Waals surface area contributed by atoms with Crippen LogP contribution < -0.4 is 4.74 Å². The fourth-order valence-corrected chi connectivity index (χ4v) is 4.48. The summed E-state index contributed by atoms with van der Waals surface area (Å²) in [6.07, 6.45) is 0.466. The molecule has 7 nitrogen and oxygen atoms in total. The van der Waals surface area contributed by atoms with E-state index < -0.39 is 27.4 Å². The van der Waals surface area contributed by atoms with Gasteiger partial charge in [-0.05, 0) is 44.6 Å². The van der Waals surface area contributed by atoms with Crippen LogP contribution in [0.2, 0.25) is 0 Å². The summed E-state index contributed by atoms with van der Waals surface area (Å²) >= 11 is 0. The lowest BCUT2D eigenvalue weighted by Crippen LogP contribution is -2.52. The van der Waals surface area contributed by atoms with Crippen molar-refractivity contribution in [3.05, 3.63) is 24.3 Å². The number of carbonyl (C=O) groups is 1. The predicted molar refractivity (Wildman–Crippen MR) is 101 cm³/mol. The van der Waals surface area contributed by atoms with E-state index in [9.17, 15) is 18.3 Å². The molecule has 1 rings (SSSR count). The molecule has 0 saturated carbocycles. The van der Waals surface area contributed by atoms with Gasteiger partial charge >= 0.3 is 5.97 Å². The molecule has 1 aromatic carbocycles. The second-order valence-electron chi connectivity index (χ2n) is 7.18. The van der Waals surface area contributed by atoms with Gasteiger partial charge in [-0.25, -0.2) is 8.42 Å². The van der Waals surface area contributed by atoms with Gasteiger partial charge < -0.3 is 14.7 Å². The third-order valence-electron chi connectivity index (χ3n) is 3.89. The summed E-state index contributed by atoms with van der Waals surface area (Å²) in [4.78, 5) is 13.9. The Kier molecular flexibility index (Phi) is 7.02. The number of carboxylic acids is 1. The minimum atomic E-state index is -4.10. The average molecular weight is 388 g/mol. The highest BCUT2D eigenvalue weighted by atomic mass is 32.2. The van der Waals surface area contributed by atoms with Crippen molar-refractivity contribution in [1.82, 2.24) is 9.21 Å². The number of carboxylic acid groups (broad SMARTS) is 1. The molecule has 0 radical (unpaired) electrons. The number of aliphatic carboxylic acids is 1. The van der Waals surface area contributed by atoms with Crippen molar-refractivity contribution in [2.24, 2.45) is 5.41 Å². The summed E-state index contributed by atoms with van der Waals surface area (Å²) in [6, 6.07) is 4.62. The normalized spacial score (nSPS) is 14.3. The zero-order valence-electron chi connectivity index (χ0n) is 17.1. The number of ether oxygens (including phenoxy) is 1. The Hall–Kier alpha value is -1.64. The summed E-state index contributed by atoms with van der Waals surface area (Å²) in [5.74, 6) is -0.889. The van der Waals surface area contributed by atoms with E-state index >= 15 is 0 Å². The van der Waals surface area contributed by atoms with E-state index in [4.69, 9.17) is 6.11 Å². The molecule has 1 aromatic rings. The minimum absolute atomic E-state index is 0.0290. The second-order valence-corrected chi connectivity index (χ2v) is 9.07. The summed E-state index contributed by atoms with van der Waals surface area (Å²) in [5.41, 5.74) is -1.06. The number of methoxy groups -OCH3 is 1. The van der Waals surface area contributed by atoms with E-state index in [0.29, 0.717) is 18.7 Å². The van der Waals surface area contributed by atoms with Gasteiger partial charge in [-0.1, -0.05) is 26.8 Å². The first-order valence-electron chi connectivity index (χ1n) is 9.00. The number of hydrogen-bond acceptors (Lipinski definition) is 5. The lowest BCUT2D eigenvalue weighted by atomic mass is 9.86. The van der Waals surface area contributed by atoms with Gasteiger partial charge in [-0.3, -0.25) is 4.79 Å². The maximum absolute atomic E-state index is 13.3. The number of sulfonamides is 1. The number of hydrogen-bond donors (Lipinski definition) is 1. The Bertz CT molecular complexity index is 737. The van der Waals surface area contributed by atoms with Gasteiger partial charge in [0, 0.05) is 14.0 Å². The van der Waals surface area contributed by atoms with Crippen LogP contribution in [0.15, 0.2) is 29.2 Å². The van der Waals surface area contributed by atoms with E-state index in [0.717, 1.165) is 4.31 Å². The van der Waals surface area contributed by atoms with Gasteiger partial charge in [-0.15, -0.1) is 0 Å². The zero-order chi connectivity index (χ0) is 20.8. The third kappa shape index (κ3) is 5.69. The smallest absolute Gasteiger partial charge is 0.322 e. The first kappa shape index (κ1) is 20.7. The second kappa shape index (κ2) is 8.83. The molecule has 0 heterocycles. The molecule has 0 saturated heterocycles. The molecule has 1 N–H and O–H groups in total. The van der Waals surface area contributed by atoms with E-state index in [2.05, 4.69) is 0 Å². The Balaban J connectivity index is 3.43. The van der Waals surface area contributed by atoms with E-state index in [-0.39, 0.29) is 18.3 Å². The molecule has 0 aliphatic carbocycles. The van der Waals surface area contributed by atoms with Gasteiger partial charge in [0.15, 0.2) is 0 Å². The number of rotatable bonds is 9. The SMILES string of the molecule is [2H]CC(C)(C)[C@@H](C(=O)O)N(CCCN(C)C)S(=O)(=O)c1cccc(OC)c1. The standard InChI is InChI=1S/C18H30N2O5S/c1-18(2,3)16(17(21)22)20(12-8-11-19(4)5)26(23,24)15-10-7-9-14(13-15)25-6/h7,9-10,13,16H,8,11-12H2,1-6H3,(H,21,22)/t16-/m1/s1/i1D. The van der Waals surface area contributed by atoms with Crippen LogP contribution >= 0.6 is 0 Å².